The molecule has 2 rings (SSSR count). The number of ether oxygens (including phenoxy) is 1. The van der Waals surface area contributed by atoms with Gasteiger partial charge in [0.25, 0.3) is 0 Å². The van der Waals surface area contributed by atoms with E-state index in [2.05, 4.69) is 4.90 Å². The fraction of sp³-hybridized carbons (Fsp3) is 0.533. The molecular weight excluding hydrogens is 262 g/mol. The van der Waals surface area contributed by atoms with E-state index in [1.165, 1.54) is 0 Å². The molecule has 1 aromatic rings. The number of ketones is 1. The molecule has 104 valence electrons. The lowest BCUT2D eigenvalue weighted by Gasteiger charge is -2.34. The van der Waals surface area contributed by atoms with Crippen molar-refractivity contribution in [2.45, 2.75) is 31.2 Å². The first-order chi connectivity index (χ1) is 9.01. The van der Waals surface area contributed by atoms with Crippen molar-refractivity contribution in [3.05, 3.63) is 28.8 Å². The molecule has 0 bridgehead atoms. The lowest BCUT2D eigenvalue weighted by Crippen LogP contribution is -2.48. The Morgan fingerprint density at radius 2 is 1.95 bits per heavy atom. The topological polar surface area (TPSA) is 29.5 Å². The minimum Gasteiger partial charge on any atom is -0.495 e. The molecule has 0 saturated heterocycles. The number of carbonyl (C=O) groups is 1. The molecule has 0 amide bonds. The molecular formula is C15H20ClNO2. The summed E-state index contributed by atoms with van der Waals surface area (Å²) in [6, 6.07) is 5.26. The van der Waals surface area contributed by atoms with Gasteiger partial charge in [-0.2, -0.15) is 0 Å². The van der Waals surface area contributed by atoms with Crippen molar-refractivity contribution in [3.63, 3.8) is 0 Å². The smallest absolute Gasteiger partial charge is 0.183 e. The number of Topliss-reactive ketones (excluding diaryl/α,β-unsaturated/α-hetero) is 1. The molecule has 0 atom stereocenters. The van der Waals surface area contributed by atoms with Crippen LogP contribution in [-0.4, -0.2) is 37.4 Å². The maximum Gasteiger partial charge on any atom is 0.183 e. The molecule has 19 heavy (non-hydrogen) atoms. The molecule has 0 heterocycles. The van der Waals surface area contributed by atoms with Crippen LogP contribution in [0.25, 0.3) is 0 Å². The number of carbonyl (C=O) groups excluding carboxylic acids is 1. The molecule has 1 fully saturated rings. The first-order valence-corrected chi connectivity index (χ1v) is 6.95. The van der Waals surface area contributed by atoms with E-state index < -0.39 is 0 Å². The van der Waals surface area contributed by atoms with Crippen molar-refractivity contribution >= 4 is 17.4 Å². The van der Waals surface area contributed by atoms with Crippen LogP contribution in [0.5, 0.6) is 5.75 Å². The average Bonchev–Trinajstić information content (AvgIpc) is 2.89. The molecule has 1 saturated carbocycles. The largest absolute Gasteiger partial charge is 0.495 e. The molecule has 0 N–H and O–H groups in total. The molecule has 0 spiro atoms. The molecule has 0 aliphatic heterocycles. The second-order valence-corrected chi connectivity index (χ2v) is 5.72. The third kappa shape index (κ3) is 2.49. The van der Waals surface area contributed by atoms with Crippen LogP contribution >= 0.6 is 11.6 Å². The minimum absolute atomic E-state index is 0.171. The Labute approximate surface area is 119 Å². The van der Waals surface area contributed by atoms with E-state index in [-0.39, 0.29) is 11.3 Å². The van der Waals surface area contributed by atoms with Crippen LogP contribution in [0.15, 0.2) is 18.2 Å². The third-order valence-electron chi connectivity index (χ3n) is 4.12. The van der Waals surface area contributed by atoms with E-state index in [0.29, 0.717) is 16.3 Å². The lowest BCUT2D eigenvalue weighted by molar-refractivity contribution is 0.0693. The number of rotatable bonds is 4. The van der Waals surface area contributed by atoms with E-state index in [4.69, 9.17) is 16.3 Å². The SMILES string of the molecule is COc1cc(C(=O)C2(N(C)C)CCCC2)ccc1Cl. The van der Waals surface area contributed by atoms with Gasteiger partial charge in [0, 0.05) is 5.56 Å². The van der Waals surface area contributed by atoms with Gasteiger partial charge in [0.05, 0.1) is 17.7 Å². The van der Waals surface area contributed by atoms with Gasteiger partial charge in [-0.25, -0.2) is 0 Å². The van der Waals surface area contributed by atoms with Gasteiger partial charge < -0.3 is 4.74 Å². The standard InChI is InChI=1S/C15H20ClNO2/c1-17(2)15(8-4-5-9-15)14(18)11-6-7-12(16)13(10-11)19-3/h6-7,10H,4-5,8-9H2,1-3H3. The Hall–Kier alpha value is -1.06. The van der Waals surface area contributed by atoms with Gasteiger partial charge in [0.1, 0.15) is 5.75 Å². The highest BCUT2D eigenvalue weighted by molar-refractivity contribution is 6.32. The van der Waals surface area contributed by atoms with E-state index in [0.717, 1.165) is 25.7 Å². The fourth-order valence-corrected chi connectivity index (χ4v) is 3.10. The Balaban J connectivity index is 2.37. The maximum absolute atomic E-state index is 12.8. The highest BCUT2D eigenvalue weighted by Gasteiger charge is 2.43. The molecule has 1 aromatic carbocycles. The van der Waals surface area contributed by atoms with E-state index >= 15 is 0 Å². The summed E-state index contributed by atoms with van der Waals surface area (Å²) in [5, 5.41) is 0.532. The number of nitrogens with zero attached hydrogens (tertiary/aromatic N) is 1. The zero-order chi connectivity index (χ0) is 14.0. The number of hydrogen-bond acceptors (Lipinski definition) is 3. The third-order valence-corrected chi connectivity index (χ3v) is 4.43. The van der Waals surface area contributed by atoms with Crippen molar-refractivity contribution in [1.29, 1.82) is 0 Å². The van der Waals surface area contributed by atoms with Gasteiger partial charge in [0.2, 0.25) is 0 Å². The normalized spacial score (nSPS) is 17.7. The van der Waals surface area contributed by atoms with Crippen LogP contribution in [0, 0.1) is 0 Å². The van der Waals surface area contributed by atoms with Gasteiger partial charge in [-0.3, -0.25) is 9.69 Å². The highest BCUT2D eigenvalue weighted by atomic mass is 35.5. The highest BCUT2D eigenvalue weighted by Crippen LogP contribution is 2.37. The Morgan fingerprint density at radius 1 is 1.32 bits per heavy atom. The van der Waals surface area contributed by atoms with Crippen molar-refractivity contribution < 1.29 is 9.53 Å². The molecule has 0 aromatic heterocycles. The Kier molecular flexibility index (Phi) is 4.16. The number of likely N-dealkylation sites (N-methyl/N-ethyl adjacent to an activating group) is 1. The average molecular weight is 282 g/mol. The second kappa shape index (κ2) is 5.51. The zero-order valence-electron chi connectivity index (χ0n) is 11.7. The molecule has 3 nitrogen and oxygen atoms in total. The van der Waals surface area contributed by atoms with Gasteiger partial charge in [0.15, 0.2) is 5.78 Å². The summed E-state index contributed by atoms with van der Waals surface area (Å²) in [5.41, 5.74) is 0.315. The molecule has 4 heteroatoms. The van der Waals surface area contributed by atoms with Crippen LogP contribution in [0.3, 0.4) is 0 Å². The first kappa shape index (κ1) is 14.4. The number of hydrogen-bond donors (Lipinski definition) is 0. The van der Waals surface area contributed by atoms with Crippen LogP contribution in [0.2, 0.25) is 5.02 Å². The van der Waals surface area contributed by atoms with Crippen LogP contribution < -0.4 is 4.74 Å². The molecule has 1 aliphatic rings. The predicted octanol–water partition coefficient (Wildman–Crippen LogP) is 3.41. The summed E-state index contributed by atoms with van der Waals surface area (Å²) in [5.74, 6) is 0.726. The zero-order valence-corrected chi connectivity index (χ0v) is 12.5. The fourth-order valence-electron chi connectivity index (χ4n) is 2.91. The Bertz CT molecular complexity index is 479. The summed E-state index contributed by atoms with van der Waals surface area (Å²) < 4.78 is 5.19. The van der Waals surface area contributed by atoms with Crippen molar-refractivity contribution in [2.24, 2.45) is 0 Å². The number of halogens is 1. The van der Waals surface area contributed by atoms with Gasteiger partial charge in [-0.15, -0.1) is 0 Å². The van der Waals surface area contributed by atoms with Crippen molar-refractivity contribution in [1.82, 2.24) is 4.90 Å². The molecule has 0 radical (unpaired) electrons. The summed E-state index contributed by atoms with van der Waals surface area (Å²) in [6.07, 6.45) is 4.05. The second-order valence-electron chi connectivity index (χ2n) is 5.31. The quantitative estimate of drug-likeness (QED) is 0.792. The van der Waals surface area contributed by atoms with Crippen molar-refractivity contribution in [2.75, 3.05) is 21.2 Å². The van der Waals surface area contributed by atoms with Gasteiger partial charge >= 0.3 is 0 Å². The van der Waals surface area contributed by atoms with Crippen LogP contribution in [-0.2, 0) is 0 Å². The molecule has 0 unspecified atom stereocenters. The minimum atomic E-state index is -0.362. The molecule has 1 aliphatic carbocycles. The van der Waals surface area contributed by atoms with Crippen molar-refractivity contribution in [3.8, 4) is 5.75 Å². The first-order valence-electron chi connectivity index (χ1n) is 6.57. The summed E-state index contributed by atoms with van der Waals surface area (Å²) >= 11 is 6.01. The monoisotopic (exact) mass is 281 g/mol. The summed E-state index contributed by atoms with van der Waals surface area (Å²) in [7, 11) is 5.53. The van der Waals surface area contributed by atoms with E-state index in [1.807, 2.05) is 14.1 Å². The number of benzene rings is 1. The van der Waals surface area contributed by atoms with Gasteiger partial charge in [-0.05, 0) is 45.1 Å². The maximum atomic E-state index is 12.8. The van der Waals surface area contributed by atoms with Gasteiger partial charge in [-0.1, -0.05) is 24.4 Å². The number of methoxy groups -OCH3 is 1. The van der Waals surface area contributed by atoms with E-state index in [9.17, 15) is 4.79 Å². The summed E-state index contributed by atoms with van der Waals surface area (Å²) in [4.78, 5) is 14.9. The van der Waals surface area contributed by atoms with Crippen LogP contribution in [0.1, 0.15) is 36.0 Å². The van der Waals surface area contributed by atoms with Crippen LogP contribution in [0.4, 0.5) is 0 Å². The summed E-state index contributed by atoms with van der Waals surface area (Å²) in [6.45, 7) is 0. The van der Waals surface area contributed by atoms with E-state index in [1.54, 1.807) is 25.3 Å². The lowest BCUT2D eigenvalue weighted by atomic mass is 9.86. The predicted molar refractivity (Wildman–Crippen MR) is 77.2 cm³/mol. The Morgan fingerprint density at radius 3 is 2.47 bits per heavy atom.